The minimum Gasteiger partial charge on any atom is -0.367 e. The molecule has 7 heteroatoms. The number of nitrogens with zero attached hydrogens (tertiary/aromatic N) is 4. The first kappa shape index (κ1) is 18.4. The number of nitro benzene ring substituents is 1. The highest BCUT2D eigenvalue weighted by atomic mass is 16.6. The van der Waals surface area contributed by atoms with Crippen LogP contribution < -0.4 is 4.90 Å². The highest BCUT2D eigenvalue weighted by Gasteiger charge is 2.24. The molecule has 1 aliphatic rings. The quantitative estimate of drug-likeness (QED) is 0.507. The second kappa shape index (κ2) is 7.60. The van der Waals surface area contributed by atoms with Crippen LogP contribution in [0.2, 0.25) is 0 Å². The van der Waals surface area contributed by atoms with Crippen LogP contribution in [0.4, 0.5) is 11.4 Å². The summed E-state index contributed by atoms with van der Waals surface area (Å²) in [4.78, 5) is 27.1. The van der Waals surface area contributed by atoms with E-state index in [4.69, 9.17) is 0 Å². The summed E-state index contributed by atoms with van der Waals surface area (Å²) in [5, 5.41) is 22.4. The van der Waals surface area contributed by atoms with Crippen molar-refractivity contribution in [3.8, 4) is 6.07 Å². The van der Waals surface area contributed by atoms with Crippen LogP contribution in [0.25, 0.3) is 10.8 Å². The van der Waals surface area contributed by atoms with Gasteiger partial charge in [0.25, 0.3) is 11.6 Å². The van der Waals surface area contributed by atoms with Crippen molar-refractivity contribution >= 4 is 28.1 Å². The molecule has 0 unspecified atom stereocenters. The van der Waals surface area contributed by atoms with Crippen molar-refractivity contribution in [2.45, 2.75) is 0 Å². The summed E-state index contributed by atoms with van der Waals surface area (Å²) in [5.41, 5.74) is 1.49. The molecule has 1 aliphatic heterocycles. The van der Waals surface area contributed by atoms with Gasteiger partial charge in [0.1, 0.15) is 6.07 Å². The molecule has 1 amide bonds. The Morgan fingerprint density at radius 2 is 1.69 bits per heavy atom. The molecule has 7 nitrogen and oxygen atoms in total. The van der Waals surface area contributed by atoms with Crippen LogP contribution in [-0.2, 0) is 0 Å². The first-order valence-electron chi connectivity index (χ1n) is 9.28. The van der Waals surface area contributed by atoms with Crippen molar-refractivity contribution < 1.29 is 9.72 Å². The number of carbonyl (C=O) groups excluding carboxylic acids is 1. The molecule has 1 saturated heterocycles. The molecular weight excluding hydrogens is 368 g/mol. The van der Waals surface area contributed by atoms with E-state index in [1.165, 1.54) is 12.1 Å². The van der Waals surface area contributed by atoms with Gasteiger partial charge in [0.05, 0.1) is 16.2 Å². The summed E-state index contributed by atoms with van der Waals surface area (Å²) < 4.78 is 0. The molecule has 4 rings (SSSR count). The fourth-order valence-electron chi connectivity index (χ4n) is 3.66. The van der Waals surface area contributed by atoms with Gasteiger partial charge in [-0.05, 0) is 29.0 Å². The number of amides is 1. The number of anilines is 1. The number of fused-ring (bicyclic) bond motifs is 1. The van der Waals surface area contributed by atoms with E-state index in [-0.39, 0.29) is 17.2 Å². The Balaban J connectivity index is 1.48. The molecular formula is C22H18N4O3. The predicted molar refractivity (Wildman–Crippen MR) is 110 cm³/mol. The zero-order chi connectivity index (χ0) is 20.4. The van der Waals surface area contributed by atoms with Crippen LogP contribution in [0.15, 0.2) is 60.7 Å². The minimum atomic E-state index is -0.509. The standard InChI is InChI=1S/C22H18N4O3/c23-15-19-14-20(26(28)29)7-8-21(19)24-9-11-25(12-10-24)22(27)18-6-5-16-3-1-2-4-17(16)13-18/h1-8,13-14H,9-12H2. The summed E-state index contributed by atoms with van der Waals surface area (Å²) in [7, 11) is 0. The summed E-state index contributed by atoms with van der Waals surface area (Å²) in [6, 6.07) is 20.0. The number of nitriles is 1. The van der Waals surface area contributed by atoms with Gasteiger partial charge in [-0.15, -0.1) is 0 Å². The van der Waals surface area contributed by atoms with E-state index in [0.717, 1.165) is 10.8 Å². The van der Waals surface area contributed by atoms with Crippen molar-refractivity contribution in [1.82, 2.24) is 4.90 Å². The lowest BCUT2D eigenvalue weighted by molar-refractivity contribution is -0.384. The Kier molecular flexibility index (Phi) is 4.83. The lowest BCUT2D eigenvalue weighted by Gasteiger charge is -2.36. The number of rotatable bonds is 3. The minimum absolute atomic E-state index is 0.0143. The SMILES string of the molecule is N#Cc1cc([N+](=O)[O-])ccc1N1CCN(C(=O)c2ccc3ccccc3c2)CC1. The highest BCUT2D eigenvalue weighted by molar-refractivity contribution is 5.98. The molecule has 3 aromatic carbocycles. The Morgan fingerprint density at radius 1 is 0.966 bits per heavy atom. The molecule has 1 heterocycles. The Bertz CT molecular complexity index is 1140. The van der Waals surface area contributed by atoms with Gasteiger partial charge >= 0.3 is 0 Å². The highest BCUT2D eigenvalue weighted by Crippen LogP contribution is 2.26. The zero-order valence-corrected chi connectivity index (χ0v) is 15.6. The van der Waals surface area contributed by atoms with Gasteiger partial charge in [-0.3, -0.25) is 14.9 Å². The molecule has 0 saturated carbocycles. The molecule has 0 bridgehead atoms. The summed E-state index contributed by atoms with van der Waals surface area (Å²) in [6.07, 6.45) is 0. The molecule has 0 N–H and O–H groups in total. The fourth-order valence-corrected chi connectivity index (χ4v) is 3.66. The Labute approximate surface area is 167 Å². The average molecular weight is 386 g/mol. The van der Waals surface area contributed by atoms with E-state index >= 15 is 0 Å². The third-order valence-electron chi connectivity index (χ3n) is 5.22. The van der Waals surface area contributed by atoms with Crippen LogP contribution in [0.3, 0.4) is 0 Å². The molecule has 0 aliphatic carbocycles. The molecule has 29 heavy (non-hydrogen) atoms. The van der Waals surface area contributed by atoms with Crippen molar-refractivity contribution in [2.24, 2.45) is 0 Å². The maximum absolute atomic E-state index is 12.9. The van der Waals surface area contributed by atoms with E-state index in [2.05, 4.69) is 0 Å². The van der Waals surface area contributed by atoms with Gasteiger partial charge in [-0.1, -0.05) is 30.3 Å². The van der Waals surface area contributed by atoms with Crippen molar-refractivity contribution in [3.05, 3.63) is 81.9 Å². The van der Waals surface area contributed by atoms with E-state index in [1.807, 2.05) is 53.4 Å². The van der Waals surface area contributed by atoms with Crippen molar-refractivity contribution in [3.63, 3.8) is 0 Å². The van der Waals surface area contributed by atoms with Crippen molar-refractivity contribution in [2.75, 3.05) is 31.1 Å². The lowest BCUT2D eigenvalue weighted by atomic mass is 10.1. The number of non-ortho nitro benzene ring substituents is 1. The maximum Gasteiger partial charge on any atom is 0.270 e. The van der Waals surface area contributed by atoms with Crippen LogP contribution in [0.5, 0.6) is 0 Å². The number of hydrogen-bond acceptors (Lipinski definition) is 5. The van der Waals surface area contributed by atoms with E-state index in [1.54, 1.807) is 11.0 Å². The molecule has 0 radical (unpaired) electrons. The van der Waals surface area contributed by atoms with Crippen LogP contribution in [0.1, 0.15) is 15.9 Å². The van der Waals surface area contributed by atoms with Gasteiger partial charge in [0.2, 0.25) is 0 Å². The van der Waals surface area contributed by atoms with E-state index in [9.17, 15) is 20.2 Å². The van der Waals surface area contributed by atoms with E-state index < -0.39 is 4.92 Å². The second-order valence-electron chi connectivity index (χ2n) is 6.91. The normalized spacial score (nSPS) is 13.9. The topological polar surface area (TPSA) is 90.5 Å². The van der Waals surface area contributed by atoms with Gasteiger partial charge in [-0.2, -0.15) is 5.26 Å². The second-order valence-corrected chi connectivity index (χ2v) is 6.91. The number of carbonyl (C=O) groups is 1. The lowest BCUT2D eigenvalue weighted by Crippen LogP contribution is -2.49. The van der Waals surface area contributed by atoms with Crippen molar-refractivity contribution in [1.29, 1.82) is 5.26 Å². The zero-order valence-electron chi connectivity index (χ0n) is 15.6. The van der Waals surface area contributed by atoms with E-state index in [0.29, 0.717) is 37.4 Å². The smallest absolute Gasteiger partial charge is 0.270 e. The predicted octanol–water partition coefficient (Wildman–Crippen LogP) is 3.58. The fraction of sp³-hybridized carbons (Fsp3) is 0.182. The summed E-state index contributed by atoms with van der Waals surface area (Å²) in [5.74, 6) is -0.0143. The van der Waals surface area contributed by atoms with Gasteiger partial charge in [0, 0.05) is 43.9 Å². The third-order valence-corrected chi connectivity index (χ3v) is 5.22. The Morgan fingerprint density at radius 3 is 2.38 bits per heavy atom. The van der Waals surface area contributed by atoms with Crippen LogP contribution >= 0.6 is 0 Å². The number of piperazine rings is 1. The van der Waals surface area contributed by atoms with Crippen LogP contribution in [0, 0.1) is 21.4 Å². The molecule has 0 atom stereocenters. The summed E-state index contributed by atoms with van der Waals surface area (Å²) in [6.45, 7) is 2.17. The molecule has 144 valence electrons. The maximum atomic E-state index is 12.9. The summed E-state index contributed by atoms with van der Waals surface area (Å²) >= 11 is 0. The number of benzene rings is 3. The molecule has 1 fully saturated rings. The van der Waals surface area contributed by atoms with Gasteiger partial charge in [0.15, 0.2) is 0 Å². The molecule has 0 spiro atoms. The van der Waals surface area contributed by atoms with Gasteiger partial charge in [-0.25, -0.2) is 0 Å². The number of nitro groups is 1. The van der Waals surface area contributed by atoms with Gasteiger partial charge < -0.3 is 9.80 Å². The first-order chi connectivity index (χ1) is 14.1. The average Bonchev–Trinajstić information content (AvgIpc) is 2.78. The Hall–Kier alpha value is -3.92. The third kappa shape index (κ3) is 3.60. The largest absolute Gasteiger partial charge is 0.367 e. The molecule has 0 aromatic heterocycles. The first-order valence-corrected chi connectivity index (χ1v) is 9.28. The number of hydrogen-bond donors (Lipinski definition) is 0. The monoisotopic (exact) mass is 386 g/mol. The molecule has 3 aromatic rings. The van der Waals surface area contributed by atoms with Crippen LogP contribution in [-0.4, -0.2) is 41.9 Å².